The van der Waals surface area contributed by atoms with E-state index in [9.17, 15) is 4.79 Å². The first-order chi connectivity index (χ1) is 12.8. The molecule has 0 spiro atoms. The molecular formula is C20H20N4O2. The summed E-state index contributed by atoms with van der Waals surface area (Å²) in [6.07, 6.45) is 8.90. The van der Waals surface area contributed by atoms with Gasteiger partial charge >= 0.3 is 0 Å². The molecule has 0 aliphatic carbocycles. The van der Waals surface area contributed by atoms with Crippen LogP contribution in [0.3, 0.4) is 0 Å². The SMILES string of the molecule is O=C(NCc1cccnc1)c1cc(C2CCOCC2)c2cnccc2n1. The van der Waals surface area contributed by atoms with E-state index < -0.39 is 0 Å². The van der Waals surface area contributed by atoms with Crippen LogP contribution in [-0.2, 0) is 11.3 Å². The van der Waals surface area contributed by atoms with E-state index in [1.165, 1.54) is 0 Å². The lowest BCUT2D eigenvalue weighted by Gasteiger charge is -2.24. The molecule has 0 radical (unpaired) electrons. The van der Waals surface area contributed by atoms with E-state index in [2.05, 4.69) is 20.3 Å². The summed E-state index contributed by atoms with van der Waals surface area (Å²) in [5.74, 6) is 0.184. The van der Waals surface area contributed by atoms with Crippen molar-refractivity contribution in [1.82, 2.24) is 20.3 Å². The van der Waals surface area contributed by atoms with Crippen LogP contribution in [0.1, 0.15) is 40.4 Å². The Labute approximate surface area is 151 Å². The van der Waals surface area contributed by atoms with E-state index in [-0.39, 0.29) is 5.91 Å². The zero-order chi connectivity index (χ0) is 17.8. The second-order valence-corrected chi connectivity index (χ2v) is 6.42. The highest BCUT2D eigenvalue weighted by Gasteiger charge is 2.21. The molecule has 1 N–H and O–H groups in total. The van der Waals surface area contributed by atoms with Crippen LogP contribution in [0.15, 0.2) is 49.1 Å². The van der Waals surface area contributed by atoms with Crippen LogP contribution in [0, 0.1) is 0 Å². The average molecular weight is 348 g/mol. The molecule has 6 nitrogen and oxygen atoms in total. The third-order valence-corrected chi connectivity index (χ3v) is 4.71. The quantitative estimate of drug-likeness (QED) is 0.784. The van der Waals surface area contributed by atoms with Crippen LogP contribution in [0.4, 0.5) is 0 Å². The molecule has 1 aliphatic rings. The molecule has 3 aromatic heterocycles. The number of hydrogen-bond acceptors (Lipinski definition) is 5. The van der Waals surface area contributed by atoms with Gasteiger partial charge in [-0.2, -0.15) is 0 Å². The lowest BCUT2D eigenvalue weighted by molar-refractivity contribution is 0.0855. The zero-order valence-corrected chi connectivity index (χ0v) is 14.4. The molecule has 1 amide bonds. The summed E-state index contributed by atoms with van der Waals surface area (Å²) in [7, 11) is 0. The van der Waals surface area contributed by atoms with Gasteiger partial charge in [0.05, 0.1) is 5.52 Å². The number of hydrogen-bond donors (Lipinski definition) is 1. The van der Waals surface area contributed by atoms with Crippen LogP contribution in [0.5, 0.6) is 0 Å². The standard InChI is InChI=1S/C20H20N4O2/c25-20(23-12-14-2-1-6-21-11-14)19-10-16(15-4-8-26-9-5-15)17-13-22-7-3-18(17)24-19/h1-3,6-7,10-11,13,15H,4-5,8-9,12H2,(H,23,25). The number of fused-ring (bicyclic) bond motifs is 1. The van der Waals surface area contributed by atoms with Crippen molar-refractivity contribution >= 4 is 16.8 Å². The van der Waals surface area contributed by atoms with Gasteiger partial charge in [-0.3, -0.25) is 14.8 Å². The molecule has 0 saturated carbocycles. The highest BCUT2D eigenvalue weighted by molar-refractivity contribution is 5.95. The monoisotopic (exact) mass is 348 g/mol. The molecule has 1 fully saturated rings. The molecule has 1 saturated heterocycles. The lowest BCUT2D eigenvalue weighted by Crippen LogP contribution is -2.24. The van der Waals surface area contributed by atoms with Crippen molar-refractivity contribution in [3.8, 4) is 0 Å². The van der Waals surface area contributed by atoms with Gasteiger partial charge < -0.3 is 10.1 Å². The molecule has 0 aromatic carbocycles. The van der Waals surface area contributed by atoms with Crippen molar-refractivity contribution in [1.29, 1.82) is 0 Å². The van der Waals surface area contributed by atoms with Crippen molar-refractivity contribution in [2.75, 3.05) is 13.2 Å². The Balaban J connectivity index is 1.63. The molecule has 0 bridgehead atoms. The first-order valence-electron chi connectivity index (χ1n) is 8.81. The number of carbonyl (C=O) groups is 1. The molecule has 4 heterocycles. The van der Waals surface area contributed by atoms with Crippen molar-refractivity contribution < 1.29 is 9.53 Å². The largest absolute Gasteiger partial charge is 0.381 e. The maximum absolute atomic E-state index is 12.7. The second-order valence-electron chi connectivity index (χ2n) is 6.42. The molecule has 1 aliphatic heterocycles. The fourth-order valence-electron chi connectivity index (χ4n) is 3.33. The molecular weight excluding hydrogens is 328 g/mol. The van der Waals surface area contributed by atoms with E-state index in [1.807, 2.05) is 30.5 Å². The highest BCUT2D eigenvalue weighted by Crippen LogP contribution is 2.32. The van der Waals surface area contributed by atoms with Gasteiger partial charge in [-0.15, -0.1) is 0 Å². The van der Waals surface area contributed by atoms with Gasteiger partial charge in [0, 0.05) is 49.9 Å². The van der Waals surface area contributed by atoms with E-state index in [0.29, 0.717) is 18.2 Å². The van der Waals surface area contributed by atoms with E-state index in [0.717, 1.165) is 48.1 Å². The highest BCUT2D eigenvalue weighted by atomic mass is 16.5. The number of pyridine rings is 3. The smallest absolute Gasteiger partial charge is 0.270 e. The molecule has 6 heteroatoms. The van der Waals surface area contributed by atoms with Crippen molar-refractivity contribution in [2.24, 2.45) is 0 Å². The average Bonchev–Trinajstić information content (AvgIpc) is 2.72. The van der Waals surface area contributed by atoms with Gasteiger partial charge in [-0.1, -0.05) is 6.07 Å². The maximum atomic E-state index is 12.7. The van der Waals surface area contributed by atoms with E-state index in [1.54, 1.807) is 18.6 Å². The molecule has 26 heavy (non-hydrogen) atoms. The minimum Gasteiger partial charge on any atom is -0.381 e. The summed E-state index contributed by atoms with van der Waals surface area (Å²) in [5, 5.41) is 3.95. The topological polar surface area (TPSA) is 77.0 Å². The molecule has 3 aromatic rings. The third-order valence-electron chi connectivity index (χ3n) is 4.71. The van der Waals surface area contributed by atoms with Crippen molar-refractivity contribution in [3.05, 3.63) is 65.9 Å². The van der Waals surface area contributed by atoms with Gasteiger partial charge in [0.1, 0.15) is 5.69 Å². The van der Waals surface area contributed by atoms with E-state index in [4.69, 9.17) is 4.74 Å². The van der Waals surface area contributed by atoms with Crippen LogP contribution >= 0.6 is 0 Å². The molecule has 0 atom stereocenters. The maximum Gasteiger partial charge on any atom is 0.270 e. The van der Waals surface area contributed by atoms with Gasteiger partial charge in [-0.05, 0) is 48.1 Å². The minimum absolute atomic E-state index is 0.180. The Morgan fingerprint density at radius 2 is 2.00 bits per heavy atom. The summed E-state index contributed by atoms with van der Waals surface area (Å²) < 4.78 is 5.48. The fourth-order valence-corrected chi connectivity index (χ4v) is 3.33. The number of amides is 1. The van der Waals surface area contributed by atoms with E-state index >= 15 is 0 Å². The number of aromatic nitrogens is 3. The predicted molar refractivity (Wildman–Crippen MR) is 97.7 cm³/mol. The van der Waals surface area contributed by atoms with Crippen molar-refractivity contribution in [2.45, 2.75) is 25.3 Å². The second kappa shape index (κ2) is 7.58. The van der Waals surface area contributed by atoms with Gasteiger partial charge in [-0.25, -0.2) is 4.98 Å². The summed E-state index contributed by atoms with van der Waals surface area (Å²) in [5.41, 5.74) is 3.33. The van der Waals surface area contributed by atoms with Crippen LogP contribution in [0.2, 0.25) is 0 Å². The predicted octanol–water partition coefficient (Wildman–Crippen LogP) is 2.85. The zero-order valence-electron chi connectivity index (χ0n) is 14.4. The van der Waals surface area contributed by atoms with Crippen LogP contribution in [-0.4, -0.2) is 34.1 Å². The van der Waals surface area contributed by atoms with Crippen molar-refractivity contribution in [3.63, 3.8) is 0 Å². The fraction of sp³-hybridized carbons (Fsp3) is 0.300. The first kappa shape index (κ1) is 16.6. The number of nitrogens with one attached hydrogen (secondary N) is 1. The number of carbonyl (C=O) groups excluding carboxylic acids is 1. The Morgan fingerprint density at radius 3 is 2.81 bits per heavy atom. The third kappa shape index (κ3) is 3.55. The normalized spacial score (nSPS) is 15.1. The van der Waals surface area contributed by atoms with Gasteiger partial charge in [0.25, 0.3) is 5.91 Å². The minimum atomic E-state index is -0.180. The summed E-state index contributed by atoms with van der Waals surface area (Å²) in [6, 6.07) is 7.56. The number of ether oxygens (including phenoxy) is 1. The Morgan fingerprint density at radius 1 is 1.15 bits per heavy atom. The van der Waals surface area contributed by atoms with Gasteiger partial charge in [0.15, 0.2) is 0 Å². The summed E-state index contributed by atoms with van der Waals surface area (Å²) >= 11 is 0. The van der Waals surface area contributed by atoms with Crippen LogP contribution < -0.4 is 5.32 Å². The Bertz CT molecular complexity index is 908. The molecule has 0 unspecified atom stereocenters. The molecule has 132 valence electrons. The molecule has 4 rings (SSSR count). The summed E-state index contributed by atoms with van der Waals surface area (Å²) in [4.78, 5) is 25.5. The van der Waals surface area contributed by atoms with Crippen LogP contribution in [0.25, 0.3) is 10.9 Å². The summed E-state index contributed by atoms with van der Waals surface area (Å²) in [6.45, 7) is 1.92. The number of rotatable bonds is 4. The lowest BCUT2D eigenvalue weighted by atomic mass is 9.89. The Kier molecular flexibility index (Phi) is 4.84. The Hall–Kier alpha value is -2.86. The first-order valence-corrected chi connectivity index (χ1v) is 8.81. The number of nitrogens with zero attached hydrogens (tertiary/aromatic N) is 3. The van der Waals surface area contributed by atoms with Gasteiger partial charge in [0.2, 0.25) is 0 Å².